The summed E-state index contributed by atoms with van der Waals surface area (Å²) in [5.74, 6) is -1.63. The summed E-state index contributed by atoms with van der Waals surface area (Å²) in [4.78, 5) is 20.5. The highest BCUT2D eigenvalue weighted by Gasteiger charge is 2.14. The van der Waals surface area contributed by atoms with E-state index in [0.717, 1.165) is 23.5 Å². The fraction of sp³-hybridized carbons (Fsp3) is 0.0833. The van der Waals surface area contributed by atoms with E-state index in [4.69, 9.17) is 9.84 Å². The zero-order chi connectivity index (χ0) is 14.7. The Morgan fingerprint density at radius 1 is 1.45 bits per heavy atom. The summed E-state index contributed by atoms with van der Waals surface area (Å²) in [5, 5.41) is 20.7. The van der Waals surface area contributed by atoms with Gasteiger partial charge in [-0.25, -0.2) is 4.79 Å². The minimum absolute atomic E-state index is 0.00922. The Hall–Kier alpha value is -2.48. The molecule has 1 heterocycles. The van der Waals surface area contributed by atoms with Crippen molar-refractivity contribution in [2.45, 2.75) is 6.61 Å². The number of nitro benzene ring substituents is 1. The largest absolute Gasteiger partial charge is 0.488 e. The predicted molar refractivity (Wildman–Crippen MR) is 68.7 cm³/mol. The van der Waals surface area contributed by atoms with Gasteiger partial charge in [0, 0.05) is 17.5 Å². The highest BCUT2D eigenvalue weighted by atomic mass is 32.1. The summed E-state index contributed by atoms with van der Waals surface area (Å²) in [7, 11) is 0. The molecule has 104 valence electrons. The van der Waals surface area contributed by atoms with E-state index in [0.29, 0.717) is 11.3 Å². The average molecular weight is 297 g/mol. The number of rotatable bonds is 5. The van der Waals surface area contributed by atoms with Crippen LogP contribution in [0.15, 0.2) is 29.6 Å². The van der Waals surface area contributed by atoms with E-state index in [1.807, 2.05) is 0 Å². The van der Waals surface area contributed by atoms with Crippen LogP contribution in [0.1, 0.15) is 15.2 Å². The molecule has 1 N–H and O–H groups in total. The van der Waals surface area contributed by atoms with Crippen LogP contribution in [0.4, 0.5) is 10.1 Å². The molecule has 2 aromatic rings. The third-order valence-electron chi connectivity index (χ3n) is 2.40. The maximum Gasteiger partial charge on any atom is 0.346 e. The summed E-state index contributed by atoms with van der Waals surface area (Å²) >= 11 is 1.01. The van der Waals surface area contributed by atoms with Crippen LogP contribution in [0.25, 0.3) is 0 Å². The van der Waals surface area contributed by atoms with Gasteiger partial charge in [-0.15, -0.1) is 11.3 Å². The van der Waals surface area contributed by atoms with Crippen molar-refractivity contribution >= 4 is 23.0 Å². The monoisotopic (exact) mass is 297 g/mol. The van der Waals surface area contributed by atoms with Crippen LogP contribution in [-0.2, 0) is 6.61 Å². The lowest BCUT2D eigenvalue weighted by atomic mass is 10.2. The van der Waals surface area contributed by atoms with Gasteiger partial charge in [-0.1, -0.05) is 0 Å². The normalized spacial score (nSPS) is 10.2. The Kier molecular flexibility index (Phi) is 3.94. The molecule has 20 heavy (non-hydrogen) atoms. The van der Waals surface area contributed by atoms with Gasteiger partial charge < -0.3 is 9.84 Å². The number of ether oxygens (including phenoxy) is 1. The minimum Gasteiger partial charge on any atom is -0.488 e. The molecule has 0 radical (unpaired) electrons. The van der Waals surface area contributed by atoms with Crippen LogP contribution < -0.4 is 4.74 Å². The molecular formula is C12H8FNO5S. The molecule has 1 aromatic carbocycles. The van der Waals surface area contributed by atoms with Gasteiger partial charge in [-0.3, -0.25) is 10.1 Å². The Bertz CT molecular complexity index is 670. The smallest absolute Gasteiger partial charge is 0.346 e. The zero-order valence-corrected chi connectivity index (χ0v) is 10.7. The molecule has 2 rings (SSSR count). The first-order valence-corrected chi connectivity index (χ1v) is 6.23. The molecule has 0 unspecified atom stereocenters. The van der Waals surface area contributed by atoms with Gasteiger partial charge in [-0.05, 0) is 17.7 Å². The second-order valence-electron chi connectivity index (χ2n) is 3.78. The molecule has 6 nitrogen and oxygen atoms in total. The molecule has 0 aliphatic heterocycles. The predicted octanol–water partition coefficient (Wildman–Crippen LogP) is 3.07. The Balaban J connectivity index is 2.05. The summed E-state index contributed by atoms with van der Waals surface area (Å²) in [6.07, 6.45) is 0. The number of carboxylic acids is 1. The number of thiophene rings is 1. The second kappa shape index (κ2) is 5.66. The molecule has 0 atom stereocenters. The van der Waals surface area contributed by atoms with E-state index < -0.39 is 22.4 Å². The first-order valence-electron chi connectivity index (χ1n) is 5.35. The van der Waals surface area contributed by atoms with Gasteiger partial charge in [0.25, 0.3) is 0 Å². The van der Waals surface area contributed by atoms with Gasteiger partial charge in [0.05, 0.1) is 4.92 Å². The number of carboxylic acid groups (broad SMARTS) is 1. The highest BCUT2D eigenvalue weighted by molar-refractivity contribution is 7.12. The fourth-order valence-corrected chi connectivity index (χ4v) is 2.13. The quantitative estimate of drug-likeness (QED) is 0.676. The molecular weight excluding hydrogens is 289 g/mol. The van der Waals surface area contributed by atoms with Crippen LogP contribution >= 0.6 is 11.3 Å². The van der Waals surface area contributed by atoms with Gasteiger partial charge in [0.1, 0.15) is 17.2 Å². The number of halogens is 1. The van der Waals surface area contributed by atoms with Crippen molar-refractivity contribution in [3.63, 3.8) is 0 Å². The maximum absolute atomic E-state index is 13.4. The molecule has 0 aliphatic carbocycles. The van der Waals surface area contributed by atoms with Crippen LogP contribution in [0.3, 0.4) is 0 Å². The summed E-state index contributed by atoms with van der Waals surface area (Å²) < 4.78 is 18.7. The van der Waals surface area contributed by atoms with Crippen LogP contribution in [-0.4, -0.2) is 16.0 Å². The van der Waals surface area contributed by atoms with Crippen molar-refractivity contribution in [1.29, 1.82) is 0 Å². The first-order chi connectivity index (χ1) is 9.47. The molecule has 0 spiro atoms. The number of carbonyl (C=O) groups is 1. The number of aromatic carboxylic acids is 1. The summed E-state index contributed by atoms with van der Waals surface area (Å²) in [5.41, 5.74) is -0.186. The van der Waals surface area contributed by atoms with Gasteiger partial charge in [0.15, 0.2) is 0 Å². The fourth-order valence-electron chi connectivity index (χ4n) is 1.46. The standard InChI is InChI=1S/C12H8FNO5S/c13-9-3-7(1-2-10(9)14(17)18)5-19-8-4-11(12(15)16)20-6-8/h1-4,6H,5H2,(H,15,16). The third-order valence-corrected chi connectivity index (χ3v) is 3.30. The zero-order valence-electron chi connectivity index (χ0n) is 9.91. The minimum atomic E-state index is -1.05. The SMILES string of the molecule is O=C(O)c1cc(OCc2ccc([N+](=O)[O-])c(F)c2)cs1. The highest BCUT2D eigenvalue weighted by Crippen LogP contribution is 2.23. The Morgan fingerprint density at radius 3 is 2.75 bits per heavy atom. The lowest BCUT2D eigenvalue weighted by molar-refractivity contribution is -0.387. The lowest BCUT2D eigenvalue weighted by Crippen LogP contribution is -1.98. The van der Waals surface area contributed by atoms with Crippen molar-refractivity contribution in [3.05, 3.63) is 56.0 Å². The topological polar surface area (TPSA) is 89.7 Å². The van der Waals surface area contributed by atoms with E-state index >= 15 is 0 Å². The molecule has 0 fully saturated rings. The molecule has 8 heteroatoms. The second-order valence-corrected chi connectivity index (χ2v) is 4.69. The van der Waals surface area contributed by atoms with Crippen LogP contribution in [0.5, 0.6) is 5.75 Å². The molecule has 0 aliphatic rings. The van der Waals surface area contributed by atoms with E-state index in [1.165, 1.54) is 17.5 Å². The Morgan fingerprint density at radius 2 is 2.20 bits per heavy atom. The van der Waals surface area contributed by atoms with Gasteiger partial charge in [0.2, 0.25) is 5.82 Å². The van der Waals surface area contributed by atoms with E-state index in [9.17, 15) is 19.3 Å². The molecule has 0 saturated carbocycles. The van der Waals surface area contributed by atoms with E-state index in [-0.39, 0.29) is 11.5 Å². The number of hydrogen-bond acceptors (Lipinski definition) is 5. The lowest BCUT2D eigenvalue weighted by Gasteiger charge is -2.04. The summed E-state index contributed by atoms with van der Waals surface area (Å²) in [6.45, 7) is -0.00922. The van der Waals surface area contributed by atoms with Crippen molar-refractivity contribution in [2.75, 3.05) is 0 Å². The number of nitrogens with zero attached hydrogens (tertiary/aromatic N) is 1. The molecule has 1 aromatic heterocycles. The molecule has 0 amide bonds. The number of hydrogen-bond donors (Lipinski definition) is 1. The van der Waals surface area contributed by atoms with Gasteiger partial charge in [-0.2, -0.15) is 4.39 Å². The van der Waals surface area contributed by atoms with Crippen molar-refractivity contribution in [3.8, 4) is 5.75 Å². The van der Waals surface area contributed by atoms with Crippen molar-refractivity contribution < 1.29 is 24.0 Å². The maximum atomic E-state index is 13.4. The van der Waals surface area contributed by atoms with Crippen molar-refractivity contribution in [1.82, 2.24) is 0 Å². The van der Waals surface area contributed by atoms with Crippen LogP contribution in [0, 0.1) is 15.9 Å². The van der Waals surface area contributed by atoms with Crippen LogP contribution in [0.2, 0.25) is 0 Å². The van der Waals surface area contributed by atoms with Crippen molar-refractivity contribution in [2.24, 2.45) is 0 Å². The Labute approximate surface area is 116 Å². The number of benzene rings is 1. The molecule has 0 saturated heterocycles. The van der Waals surface area contributed by atoms with E-state index in [2.05, 4.69) is 0 Å². The number of nitro groups is 1. The third kappa shape index (κ3) is 3.09. The average Bonchev–Trinajstić information content (AvgIpc) is 2.85. The summed E-state index contributed by atoms with van der Waals surface area (Å²) in [6, 6.07) is 4.81. The first kappa shape index (κ1) is 13.9. The van der Waals surface area contributed by atoms with Gasteiger partial charge >= 0.3 is 11.7 Å². The molecule has 0 bridgehead atoms. The van der Waals surface area contributed by atoms with E-state index in [1.54, 1.807) is 0 Å².